The molecule has 0 unspecified atom stereocenters. The molecule has 28 heavy (non-hydrogen) atoms. The number of sulfonamides is 1. The lowest BCUT2D eigenvalue weighted by atomic mass is 10.1. The summed E-state index contributed by atoms with van der Waals surface area (Å²) < 4.78 is 26.7. The van der Waals surface area contributed by atoms with Crippen molar-refractivity contribution in [2.45, 2.75) is 12.7 Å². The molecule has 3 rings (SSSR count). The van der Waals surface area contributed by atoms with Gasteiger partial charge in [0.1, 0.15) is 5.69 Å². The van der Waals surface area contributed by atoms with Crippen LogP contribution in [0, 0.1) is 10.1 Å². The molecule has 0 spiro atoms. The normalized spacial score (nSPS) is 15.4. The van der Waals surface area contributed by atoms with Crippen molar-refractivity contribution >= 4 is 27.2 Å². The van der Waals surface area contributed by atoms with Gasteiger partial charge >= 0.3 is 0 Å². The lowest BCUT2D eigenvalue weighted by Crippen LogP contribution is -2.49. The van der Waals surface area contributed by atoms with Gasteiger partial charge in [-0.25, -0.2) is 8.42 Å². The van der Waals surface area contributed by atoms with Crippen LogP contribution in [0.4, 0.5) is 11.4 Å². The molecule has 0 atom stereocenters. The van der Waals surface area contributed by atoms with Gasteiger partial charge < -0.3 is 4.90 Å². The topological polar surface area (TPSA) is 101 Å². The molecule has 0 bridgehead atoms. The number of carbonyl (C=O) groups excluding carboxylic acids is 1. The van der Waals surface area contributed by atoms with E-state index in [1.54, 1.807) is 41.3 Å². The van der Waals surface area contributed by atoms with Crippen molar-refractivity contribution < 1.29 is 18.1 Å². The van der Waals surface area contributed by atoms with E-state index in [1.807, 2.05) is 6.07 Å². The lowest BCUT2D eigenvalue weighted by Gasteiger charge is -2.35. The van der Waals surface area contributed by atoms with E-state index in [2.05, 4.69) is 0 Å². The second-order valence-corrected chi connectivity index (χ2v) is 8.61. The number of nitro groups is 1. The standard InChI is InChI=1S/C19H21N3O5S/c1-15(23)17-7-8-18(19(13-17)22(24)25)20-9-11-21(12-10-20)28(26,27)14-16-5-3-2-4-6-16/h2-8,13H,9-12,14H2,1H3. The zero-order chi connectivity index (χ0) is 20.3. The van der Waals surface area contributed by atoms with Crippen molar-refractivity contribution in [1.82, 2.24) is 4.31 Å². The first-order chi connectivity index (χ1) is 13.3. The average molecular weight is 403 g/mol. The molecule has 1 saturated heterocycles. The van der Waals surface area contributed by atoms with Gasteiger partial charge in [-0.05, 0) is 24.6 Å². The number of anilines is 1. The zero-order valence-corrected chi connectivity index (χ0v) is 16.3. The van der Waals surface area contributed by atoms with Crippen molar-refractivity contribution in [3.05, 3.63) is 69.8 Å². The summed E-state index contributed by atoms with van der Waals surface area (Å²) in [6.45, 7) is 2.54. The minimum atomic E-state index is -3.46. The number of Topliss-reactive ketones (excluding diaryl/α,β-unsaturated/α-hetero) is 1. The number of nitro benzene ring substituents is 1. The van der Waals surface area contributed by atoms with E-state index >= 15 is 0 Å². The van der Waals surface area contributed by atoms with Gasteiger partial charge in [0.05, 0.1) is 10.7 Å². The molecule has 1 aliphatic heterocycles. The van der Waals surface area contributed by atoms with Gasteiger partial charge in [-0.1, -0.05) is 30.3 Å². The van der Waals surface area contributed by atoms with Gasteiger partial charge in [-0.3, -0.25) is 14.9 Å². The second kappa shape index (κ2) is 8.07. The molecule has 2 aromatic rings. The summed E-state index contributed by atoms with van der Waals surface area (Å²) in [5.74, 6) is -0.312. The Kier molecular flexibility index (Phi) is 5.76. The van der Waals surface area contributed by atoms with Crippen LogP contribution in [0.25, 0.3) is 0 Å². The van der Waals surface area contributed by atoms with Crippen molar-refractivity contribution in [1.29, 1.82) is 0 Å². The fourth-order valence-electron chi connectivity index (χ4n) is 3.24. The Balaban J connectivity index is 1.73. The molecule has 148 valence electrons. The van der Waals surface area contributed by atoms with Crippen LogP contribution in [0.3, 0.4) is 0 Å². The van der Waals surface area contributed by atoms with Gasteiger partial charge in [0.15, 0.2) is 5.78 Å². The fraction of sp³-hybridized carbons (Fsp3) is 0.316. The van der Waals surface area contributed by atoms with Crippen LogP contribution in [-0.2, 0) is 15.8 Å². The number of nitrogens with zero attached hydrogens (tertiary/aromatic N) is 3. The summed E-state index contributed by atoms with van der Waals surface area (Å²) >= 11 is 0. The number of benzene rings is 2. The Labute approximate surface area is 163 Å². The fourth-order valence-corrected chi connectivity index (χ4v) is 4.76. The summed E-state index contributed by atoms with van der Waals surface area (Å²) in [6, 6.07) is 13.4. The SMILES string of the molecule is CC(=O)c1ccc(N2CCN(S(=O)(=O)Cc3ccccc3)CC2)c([N+](=O)[O-])c1. The predicted molar refractivity (Wildman–Crippen MR) is 106 cm³/mol. The number of ketones is 1. The number of carbonyl (C=O) groups is 1. The van der Waals surface area contributed by atoms with Crippen LogP contribution >= 0.6 is 0 Å². The van der Waals surface area contributed by atoms with E-state index < -0.39 is 14.9 Å². The highest BCUT2D eigenvalue weighted by Gasteiger charge is 2.30. The van der Waals surface area contributed by atoms with Crippen molar-refractivity contribution in [2.24, 2.45) is 0 Å². The minimum absolute atomic E-state index is 0.0682. The third-order valence-electron chi connectivity index (χ3n) is 4.74. The quantitative estimate of drug-likeness (QED) is 0.417. The van der Waals surface area contributed by atoms with Crippen molar-refractivity contribution in [2.75, 3.05) is 31.1 Å². The molecule has 0 radical (unpaired) electrons. The number of rotatable bonds is 6. The summed E-state index contributed by atoms with van der Waals surface area (Å²) in [4.78, 5) is 24.2. The molecule has 0 N–H and O–H groups in total. The summed E-state index contributed by atoms with van der Waals surface area (Å²) in [7, 11) is -3.46. The minimum Gasteiger partial charge on any atom is -0.363 e. The van der Waals surface area contributed by atoms with E-state index in [-0.39, 0.29) is 35.9 Å². The highest BCUT2D eigenvalue weighted by atomic mass is 32.2. The van der Waals surface area contributed by atoms with E-state index in [0.29, 0.717) is 18.8 Å². The molecule has 1 heterocycles. The molecule has 1 aliphatic rings. The van der Waals surface area contributed by atoms with E-state index in [0.717, 1.165) is 5.56 Å². The van der Waals surface area contributed by atoms with E-state index in [9.17, 15) is 23.3 Å². The summed E-state index contributed by atoms with van der Waals surface area (Å²) in [6.07, 6.45) is 0. The van der Waals surface area contributed by atoms with Crippen molar-refractivity contribution in [3.63, 3.8) is 0 Å². The molecule has 8 nitrogen and oxygen atoms in total. The molecular formula is C19H21N3O5S. The Morgan fingerprint density at radius 1 is 1.07 bits per heavy atom. The second-order valence-electron chi connectivity index (χ2n) is 6.64. The van der Waals surface area contributed by atoms with Gasteiger partial charge in [0.2, 0.25) is 10.0 Å². The maximum absolute atomic E-state index is 12.7. The van der Waals surface area contributed by atoms with Crippen LogP contribution < -0.4 is 4.90 Å². The Hall–Kier alpha value is -2.78. The lowest BCUT2D eigenvalue weighted by molar-refractivity contribution is -0.384. The van der Waals surface area contributed by atoms with Gasteiger partial charge in [0, 0.05) is 37.8 Å². The molecule has 0 amide bonds. The maximum Gasteiger partial charge on any atom is 0.293 e. The first-order valence-electron chi connectivity index (χ1n) is 8.84. The van der Waals surface area contributed by atoms with Gasteiger partial charge in [-0.2, -0.15) is 4.31 Å². The number of piperazine rings is 1. The van der Waals surface area contributed by atoms with E-state index in [4.69, 9.17) is 0 Å². The highest BCUT2D eigenvalue weighted by Crippen LogP contribution is 2.30. The molecular weight excluding hydrogens is 382 g/mol. The average Bonchev–Trinajstić information content (AvgIpc) is 2.68. The Bertz CT molecular complexity index is 984. The highest BCUT2D eigenvalue weighted by molar-refractivity contribution is 7.88. The maximum atomic E-state index is 12.7. The summed E-state index contributed by atoms with van der Waals surface area (Å²) in [5.41, 5.74) is 1.25. The molecule has 1 fully saturated rings. The molecule has 0 saturated carbocycles. The third-order valence-corrected chi connectivity index (χ3v) is 6.59. The first kappa shape index (κ1) is 20.0. The molecule has 0 aromatic heterocycles. The smallest absolute Gasteiger partial charge is 0.293 e. The van der Waals surface area contributed by atoms with Crippen molar-refractivity contribution in [3.8, 4) is 0 Å². The van der Waals surface area contributed by atoms with Crippen LogP contribution in [0.15, 0.2) is 48.5 Å². The first-order valence-corrected chi connectivity index (χ1v) is 10.4. The molecule has 9 heteroatoms. The van der Waals surface area contributed by atoms with Crippen LogP contribution in [-0.4, -0.2) is 49.6 Å². The Morgan fingerprint density at radius 3 is 2.29 bits per heavy atom. The van der Waals surface area contributed by atoms with Gasteiger partial charge in [-0.15, -0.1) is 0 Å². The van der Waals surface area contributed by atoms with E-state index in [1.165, 1.54) is 17.3 Å². The van der Waals surface area contributed by atoms with Crippen LogP contribution in [0.2, 0.25) is 0 Å². The number of hydrogen-bond acceptors (Lipinski definition) is 6. The summed E-state index contributed by atoms with van der Waals surface area (Å²) in [5, 5.41) is 11.4. The zero-order valence-electron chi connectivity index (χ0n) is 15.4. The number of hydrogen-bond donors (Lipinski definition) is 0. The monoisotopic (exact) mass is 403 g/mol. The largest absolute Gasteiger partial charge is 0.363 e. The third kappa shape index (κ3) is 4.37. The van der Waals surface area contributed by atoms with Crippen LogP contribution in [0.5, 0.6) is 0 Å². The van der Waals surface area contributed by atoms with Gasteiger partial charge in [0.25, 0.3) is 5.69 Å². The predicted octanol–water partition coefficient (Wildman–Crippen LogP) is 2.45. The molecule has 2 aromatic carbocycles. The Morgan fingerprint density at radius 2 is 1.71 bits per heavy atom. The van der Waals surface area contributed by atoms with Crippen LogP contribution in [0.1, 0.15) is 22.8 Å². The molecule has 0 aliphatic carbocycles.